The molecule has 5 nitrogen and oxygen atoms in total. The van der Waals surface area contributed by atoms with Crippen LogP contribution in [0.25, 0.3) is 0 Å². The lowest BCUT2D eigenvalue weighted by molar-refractivity contribution is -0.682. The van der Waals surface area contributed by atoms with Gasteiger partial charge in [-0.15, -0.1) is 0 Å². The van der Waals surface area contributed by atoms with Gasteiger partial charge in [0.15, 0.2) is 18.0 Å². The molecule has 2 aromatic carbocycles. The molecule has 0 bridgehead atoms. The Balaban J connectivity index is 1.33. The average molecular weight is 403 g/mol. The number of ether oxygens (including phenoxy) is 2. The molecule has 1 amide bonds. The Hall–Kier alpha value is -2.67. The minimum absolute atomic E-state index is 0.108. The Kier molecular flexibility index (Phi) is 5.41. The molecule has 154 valence electrons. The first kappa shape index (κ1) is 19.6. The summed E-state index contributed by atoms with van der Waals surface area (Å²) in [6.07, 6.45) is 5.11. The van der Waals surface area contributed by atoms with Crippen LogP contribution in [0.2, 0.25) is 0 Å². The maximum Gasteiger partial charge on any atom is 0.279 e. The molecule has 2 aliphatic rings. The summed E-state index contributed by atoms with van der Waals surface area (Å²) in [6.45, 7) is 1.88. The quantitative estimate of drug-likeness (QED) is 0.801. The van der Waals surface area contributed by atoms with Gasteiger partial charge >= 0.3 is 0 Å². The number of hydrogen-bond donors (Lipinski definition) is 2. The standard InChI is InChI=1S/C22H24F2N2O3/c1-14(17-7-5-15(23)11-18(17)24)25-13-21(27)26-16-6-8-19-20(12-16)29-22(28-19)9-3-2-4-10-22/h5-8,11-12,14,25H,2-4,9-10,13H2,1H3,(H,26,27)/p+1/t14-/m0/s1. The number of amides is 1. The topological polar surface area (TPSA) is 64.2 Å². The van der Waals surface area contributed by atoms with Crippen molar-refractivity contribution in [3.05, 3.63) is 53.6 Å². The van der Waals surface area contributed by atoms with Gasteiger partial charge in [-0.3, -0.25) is 4.79 Å². The summed E-state index contributed by atoms with van der Waals surface area (Å²) in [6, 6.07) is 8.53. The molecule has 1 heterocycles. The fraction of sp³-hybridized carbons (Fsp3) is 0.409. The molecule has 1 aliphatic carbocycles. The van der Waals surface area contributed by atoms with Gasteiger partial charge in [-0.05, 0) is 44.0 Å². The van der Waals surface area contributed by atoms with E-state index >= 15 is 0 Å². The fourth-order valence-electron chi connectivity index (χ4n) is 3.96. The van der Waals surface area contributed by atoms with Crippen LogP contribution in [0, 0.1) is 11.6 Å². The molecule has 7 heteroatoms. The van der Waals surface area contributed by atoms with E-state index in [1.165, 1.54) is 18.6 Å². The molecule has 1 saturated carbocycles. The normalized spacial score (nSPS) is 17.9. The number of rotatable bonds is 5. The molecular weight excluding hydrogens is 378 g/mol. The molecule has 4 rings (SSSR count). The van der Waals surface area contributed by atoms with E-state index in [9.17, 15) is 13.6 Å². The highest BCUT2D eigenvalue weighted by Gasteiger charge is 2.42. The van der Waals surface area contributed by atoms with Crippen molar-refractivity contribution in [3.63, 3.8) is 0 Å². The summed E-state index contributed by atoms with van der Waals surface area (Å²) in [7, 11) is 0. The molecule has 1 spiro atoms. The van der Waals surface area contributed by atoms with Crippen molar-refractivity contribution in [2.24, 2.45) is 0 Å². The fourth-order valence-corrected chi connectivity index (χ4v) is 3.96. The van der Waals surface area contributed by atoms with Gasteiger partial charge in [0.05, 0.1) is 0 Å². The Morgan fingerprint density at radius 3 is 2.62 bits per heavy atom. The predicted molar refractivity (Wildman–Crippen MR) is 104 cm³/mol. The van der Waals surface area contributed by atoms with Crippen LogP contribution >= 0.6 is 0 Å². The molecule has 3 N–H and O–H groups in total. The number of anilines is 1. The van der Waals surface area contributed by atoms with Crippen molar-refractivity contribution in [2.45, 2.75) is 50.9 Å². The minimum atomic E-state index is -0.617. The van der Waals surface area contributed by atoms with E-state index in [1.807, 2.05) is 6.07 Å². The zero-order valence-electron chi connectivity index (χ0n) is 16.3. The van der Waals surface area contributed by atoms with Crippen molar-refractivity contribution < 1.29 is 28.4 Å². The van der Waals surface area contributed by atoms with Crippen LogP contribution in [0.5, 0.6) is 11.5 Å². The molecule has 29 heavy (non-hydrogen) atoms. The summed E-state index contributed by atoms with van der Waals surface area (Å²) < 4.78 is 39.0. The van der Waals surface area contributed by atoms with Crippen LogP contribution in [-0.2, 0) is 4.79 Å². The molecule has 2 aromatic rings. The third-order valence-electron chi connectivity index (χ3n) is 5.54. The van der Waals surface area contributed by atoms with E-state index in [1.54, 1.807) is 24.4 Å². The van der Waals surface area contributed by atoms with Crippen molar-refractivity contribution in [1.82, 2.24) is 0 Å². The molecule has 1 atom stereocenters. The molecule has 0 unspecified atom stereocenters. The van der Waals surface area contributed by atoms with Crippen molar-refractivity contribution in [3.8, 4) is 11.5 Å². The predicted octanol–water partition coefficient (Wildman–Crippen LogP) is 3.66. The molecule has 0 aromatic heterocycles. The largest absolute Gasteiger partial charge is 0.448 e. The Morgan fingerprint density at radius 2 is 1.86 bits per heavy atom. The van der Waals surface area contributed by atoms with E-state index in [-0.39, 0.29) is 18.5 Å². The van der Waals surface area contributed by atoms with Gasteiger partial charge in [-0.25, -0.2) is 8.78 Å². The number of carbonyl (C=O) groups excluding carboxylic acids is 1. The molecule has 0 radical (unpaired) electrons. The third-order valence-corrected chi connectivity index (χ3v) is 5.54. The second-order valence-electron chi connectivity index (χ2n) is 7.78. The van der Waals surface area contributed by atoms with E-state index in [2.05, 4.69) is 5.32 Å². The van der Waals surface area contributed by atoms with Gasteiger partial charge in [-0.1, -0.05) is 6.42 Å². The lowest BCUT2D eigenvalue weighted by atomic mass is 9.94. The maximum absolute atomic E-state index is 13.9. The Bertz CT molecular complexity index is 913. The number of fused-ring (bicyclic) bond motifs is 1. The van der Waals surface area contributed by atoms with Gasteiger partial charge in [0.25, 0.3) is 11.7 Å². The first-order valence-corrected chi connectivity index (χ1v) is 10.0. The average Bonchev–Trinajstić information content (AvgIpc) is 3.03. The van der Waals surface area contributed by atoms with Gasteiger partial charge in [0, 0.05) is 36.2 Å². The highest BCUT2D eigenvalue weighted by atomic mass is 19.1. The number of hydrogen-bond acceptors (Lipinski definition) is 3. The van der Waals surface area contributed by atoms with Crippen LogP contribution in [0.3, 0.4) is 0 Å². The Morgan fingerprint density at radius 1 is 1.10 bits per heavy atom. The van der Waals surface area contributed by atoms with Crippen molar-refractivity contribution >= 4 is 11.6 Å². The lowest BCUT2D eigenvalue weighted by Gasteiger charge is -2.31. The smallest absolute Gasteiger partial charge is 0.279 e. The number of carbonyl (C=O) groups is 1. The summed E-state index contributed by atoms with van der Waals surface area (Å²) in [5, 5.41) is 4.54. The van der Waals surface area contributed by atoms with Crippen molar-refractivity contribution in [1.29, 1.82) is 0 Å². The first-order chi connectivity index (χ1) is 13.9. The highest BCUT2D eigenvalue weighted by molar-refractivity contribution is 5.91. The SMILES string of the molecule is C[C@H]([NH2+]CC(=O)Nc1ccc2c(c1)OC1(CCCCC1)O2)c1ccc(F)cc1F. The summed E-state index contributed by atoms with van der Waals surface area (Å²) >= 11 is 0. The number of nitrogens with one attached hydrogen (secondary N) is 1. The summed E-state index contributed by atoms with van der Waals surface area (Å²) in [5.74, 6) is -0.639. The van der Waals surface area contributed by atoms with E-state index in [4.69, 9.17) is 9.47 Å². The van der Waals surface area contributed by atoms with Crippen LogP contribution < -0.4 is 20.1 Å². The summed E-state index contributed by atoms with van der Waals surface area (Å²) in [5.41, 5.74) is 0.985. The van der Waals surface area contributed by atoms with Gasteiger partial charge in [-0.2, -0.15) is 0 Å². The van der Waals surface area contributed by atoms with Crippen LogP contribution in [0.1, 0.15) is 50.6 Å². The molecule has 0 saturated heterocycles. The van der Waals surface area contributed by atoms with E-state index in [0.29, 0.717) is 22.7 Å². The Labute approximate surface area is 168 Å². The lowest BCUT2D eigenvalue weighted by Crippen LogP contribution is -2.86. The van der Waals surface area contributed by atoms with Crippen LogP contribution in [-0.4, -0.2) is 18.2 Å². The third kappa shape index (κ3) is 4.34. The number of nitrogens with two attached hydrogens (primary N) is 1. The monoisotopic (exact) mass is 403 g/mol. The maximum atomic E-state index is 13.9. The molecule has 1 aliphatic heterocycles. The molecular formula is C22H25F2N2O3+. The van der Waals surface area contributed by atoms with Crippen LogP contribution in [0.4, 0.5) is 14.5 Å². The zero-order chi connectivity index (χ0) is 20.4. The van der Waals surface area contributed by atoms with Gasteiger partial charge in [0.2, 0.25) is 0 Å². The second kappa shape index (κ2) is 7.99. The minimum Gasteiger partial charge on any atom is -0.448 e. The number of benzene rings is 2. The van der Waals surface area contributed by atoms with Crippen molar-refractivity contribution in [2.75, 3.05) is 11.9 Å². The van der Waals surface area contributed by atoms with Crippen LogP contribution in [0.15, 0.2) is 36.4 Å². The molecule has 1 fully saturated rings. The summed E-state index contributed by atoms with van der Waals surface area (Å²) in [4.78, 5) is 12.3. The van der Waals surface area contributed by atoms with Gasteiger partial charge < -0.3 is 20.1 Å². The highest BCUT2D eigenvalue weighted by Crippen LogP contribution is 2.46. The zero-order valence-corrected chi connectivity index (χ0v) is 16.3. The number of halogens is 2. The number of quaternary nitrogens is 1. The second-order valence-corrected chi connectivity index (χ2v) is 7.78. The van der Waals surface area contributed by atoms with Gasteiger partial charge in [0.1, 0.15) is 17.7 Å². The van der Waals surface area contributed by atoms with E-state index in [0.717, 1.165) is 31.7 Å². The first-order valence-electron chi connectivity index (χ1n) is 10.0. The van der Waals surface area contributed by atoms with E-state index < -0.39 is 17.4 Å².